The maximum Gasteiger partial charge on any atom is 0.0301 e. The Morgan fingerprint density at radius 1 is 1.46 bits per heavy atom. The van der Waals surface area contributed by atoms with Gasteiger partial charge in [-0.1, -0.05) is 29.8 Å². The minimum atomic E-state index is 0.950. The molecule has 0 atom stereocenters. The summed E-state index contributed by atoms with van der Waals surface area (Å²) < 4.78 is 0. The maximum atomic E-state index is 5.49. The monoisotopic (exact) mass is 174 g/mol. The van der Waals surface area contributed by atoms with E-state index in [4.69, 9.17) is 5.73 Å². The van der Waals surface area contributed by atoms with E-state index in [1.807, 2.05) is 12.1 Å². The van der Waals surface area contributed by atoms with Crippen LogP contribution < -0.4 is 5.73 Å². The Bertz CT molecular complexity index is 338. The van der Waals surface area contributed by atoms with Crippen molar-refractivity contribution in [3.05, 3.63) is 41.6 Å². The lowest BCUT2D eigenvalue weighted by Crippen LogP contribution is -1.91. The van der Waals surface area contributed by atoms with E-state index in [2.05, 4.69) is 24.0 Å². The highest BCUT2D eigenvalue weighted by molar-refractivity contribution is 6.09. The van der Waals surface area contributed by atoms with Crippen molar-refractivity contribution >= 4 is 11.8 Å². The summed E-state index contributed by atoms with van der Waals surface area (Å²) >= 11 is 0. The lowest BCUT2D eigenvalue weighted by Gasteiger charge is -2.01. The lowest BCUT2D eigenvalue weighted by molar-refractivity contribution is 1.44. The zero-order valence-electron chi connectivity index (χ0n) is 7.99. The number of nitrogens with two attached hydrogens (primary N) is 1. The third kappa shape index (κ3) is 2.44. The Labute approximate surface area is 78.8 Å². The Hall–Kier alpha value is -1.57. The predicted octanol–water partition coefficient (Wildman–Crippen LogP) is 2.00. The first kappa shape index (κ1) is 9.52. The zero-order valence-corrected chi connectivity index (χ0v) is 7.99. The highest BCUT2D eigenvalue weighted by atomic mass is 14.6. The second-order valence-electron chi connectivity index (χ2n) is 2.88. The first-order valence-electron chi connectivity index (χ1n) is 4.19. The van der Waals surface area contributed by atoms with E-state index in [0.717, 1.165) is 11.1 Å². The van der Waals surface area contributed by atoms with Gasteiger partial charge in [0.25, 0.3) is 0 Å². The maximum absolute atomic E-state index is 5.49. The van der Waals surface area contributed by atoms with E-state index in [9.17, 15) is 0 Å². The van der Waals surface area contributed by atoms with Crippen molar-refractivity contribution in [2.45, 2.75) is 6.92 Å². The predicted molar refractivity (Wildman–Crippen MR) is 57.8 cm³/mol. The summed E-state index contributed by atoms with van der Waals surface area (Å²) in [7, 11) is 1.74. The van der Waals surface area contributed by atoms with Gasteiger partial charge in [-0.3, -0.25) is 4.99 Å². The topological polar surface area (TPSA) is 38.4 Å². The average Bonchev–Trinajstić information content (AvgIpc) is 2.14. The molecule has 0 amide bonds. The van der Waals surface area contributed by atoms with Crippen LogP contribution in [0, 0.1) is 6.92 Å². The molecule has 0 bridgehead atoms. The second kappa shape index (κ2) is 4.45. The third-order valence-corrected chi connectivity index (χ3v) is 1.80. The minimum Gasteiger partial charge on any atom is -0.404 e. The molecule has 1 aromatic carbocycles. The molecule has 0 aliphatic heterocycles. The summed E-state index contributed by atoms with van der Waals surface area (Å²) in [6, 6.07) is 8.17. The van der Waals surface area contributed by atoms with Gasteiger partial charge >= 0.3 is 0 Å². The number of allylic oxidation sites excluding steroid dienone is 1. The number of benzene rings is 1. The van der Waals surface area contributed by atoms with E-state index in [1.165, 1.54) is 5.56 Å². The van der Waals surface area contributed by atoms with Crippen molar-refractivity contribution in [3.8, 4) is 0 Å². The smallest absolute Gasteiger partial charge is 0.0301 e. The minimum absolute atomic E-state index is 0.950. The molecule has 0 unspecified atom stereocenters. The fraction of sp³-hybridized carbons (Fsp3) is 0.182. The molecule has 2 nitrogen and oxygen atoms in total. The molecule has 0 saturated heterocycles. The Balaban J connectivity index is 3.06. The molecule has 0 aromatic heterocycles. The quantitative estimate of drug-likeness (QED) is 0.684. The fourth-order valence-electron chi connectivity index (χ4n) is 1.18. The number of aliphatic imine (C=N–C) groups is 1. The van der Waals surface area contributed by atoms with Gasteiger partial charge in [-0.2, -0.15) is 0 Å². The van der Waals surface area contributed by atoms with Gasteiger partial charge in [0.15, 0.2) is 0 Å². The van der Waals surface area contributed by atoms with Gasteiger partial charge in [-0.15, -0.1) is 0 Å². The van der Waals surface area contributed by atoms with Crippen molar-refractivity contribution in [3.63, 3.8) is 0 Å². The van der Waals surface area contributed by atoms with Gasteiger partial charge in [-0.05, 0) is 12.5 Å². The Morgan fingerprint density at radius 3 is 2.77 bits per heavy atom. The molecule has 0 saturated carbocycles. The molecule has 1 rings (SSSR count). The highest BCUT2D eigenvalue weighted by Gasteiger charge is 1.96. The summed E-state index contributed by atoms with van der Waals surface area (Å²) in [5, 5.41) is 0. The highest BCUT2D eigenvalue weighted by Crippen LogP contribution is 2.12. The first-order valence-corrected chi connectivity index (χ1v) is 4.19. The van der Waals surface area contributed by atoms with E-state index in [1.54, 1.807) is 19.5 Å². The largest absolute Gasteiger partial charge is 0.404 e. The van der Waals surface area contributed by atoms with Crippen LogP contribution >= 0.6 is 0 Å². The standard InChI is InChI=1S/C11H14N2/c1-9-4-3-5-10(6-9)11(7-12)8-13-2/h3-8H,12H2,1-2H3. The second-order valence-corrected chi connectivity index (χ2v) is 2.88. The third-order valence-electron chi connectivity index (χ3n) is 1.80. The van der Waals surface area contributed by atoms with E-state index >= 15 is 0 Å². The van der Waals surface area contributed by atoms with Gasteiger partial charge in [0, 0.05) is 25.0 Å². The summed E-state index contributed by atoms with van der Waals surface area (Å²) in [6.07, 6.45) is 3.33. The molecular formula is C11H14N2. The molecule has 13 heavy (non-hydrogen) atoms. The SMILES string of the molecule is CN=CC(=CN)c1cccc(C)c1. The summed E-state index contributed by atoms with van der Waals surface area (Å²) in [5.41, 5.74) is 8.77. The molecule has 0 aliphatic carbocycles. The van der Waals surface area contributed by atoms with Crippen molar-refractivity contribution in [2.24, 2.45) is 10.7 Å². The summed E-state index contributed by atoms with van der Waals surface area (Å²) in [4.78, 5) is 3.94. The van der Waals surface area contributed by atoms with Crippen molar-refractivity contribution in [1.82, 2.24) is 0 Å². The van der Waals surface area contributed by atoms with E-state index in [0.29, 0.717) is 0 Å². The van der Waals surface area contributed by atoms with Gasteiger partial charge in [0.2, 0.25) is 0 Å². The van der Waals surface area contributed by atoms with Gasteiger partial charge in [0.05, 0.1) is 0 Å². The van der Waals surface area contributed by atoms with Gasteiger partial charge < -0.3 is 5.73 Å². The molecule has 0 spiro atoms. The van der Waals surface area contributed by atoms with Crippen molar-refractivity contribution < 1.29 is 0 Å². The first-order chi connectivity index (χ1) is 6.27. The Morgan fingerprint density at radius 2 is 2.23 bits per heavy atom. The average molecular weight is 174 g/mol. The molecule has 2 heteroatoms. The number of nitrogens with zero attached hydrogens (tertiary/aromatic N) is 1. The molecular weight excluding hydrogens is 160 g/mol. The number of aryl methyl sites for hydroxylation is 1. The molecule has 68 valence electrons. The van der Waals surface area contributed by atoms with Crippen molar-refractivity contribution in [1.29, 1.82) is 0 Å². The van der Waals surface area contributed by atoms with Crippen LogP contribution in [-0.4, -0.2) is 13.3 Å². The van der Waals surface area contributed by atoms with Crippen LogP contribution in [0.1, 0.15) is 11.1 Å². The van der Waals surface area contributed by atoms with Crippen LogP contribution in [0.3, 0.4) is 0 Å². The fourth-order valence-corrected chi connectivity index (χ4v) is 1.18. The molecule has 0 aliphatic rings. The summed E-state index contributed by atoms with van der Waals surface area (Å²) in [5.74, 6) is 0. The van der Waals surface area contributed by atoms with E-state index in [-0.39, 0.29) is 0 Å². The molecule has 0 fully saturated rings. The van der Waals surface area contributed by atoms with Crippen LogP contribution in [0.15, 0.2) is 35.5 Å². The lowest BCUT2D eigenvalue weighted by atomic mass is 10.1. The molecule has 1 aromatic rings. The van der Waals surface area contributed by atoms with Gasteiger partial charge in [-0.25, -0.2) is 0 Å². The van der Waals surface area contributed by atoms with Crippen LogP contribution in [-0.2, 0) is 0 Å². The number of rotatable bonds is 2. The normalized spacial score (nSPS) is 12.3. The molecule has 0 heterocycles. The number of hydrogen-bond acceptors (Lipinski definition) is 2. The van der Waals surface area contributed by atoms with Crippen LogP contribution in [0.25, 0.3) is 5.57 Å². The van der Waals surface area contributed by atoms with Crippen molar-refractivity contribution in [2.75, 3.05) is 7.05 Å². The molecule has 0 radical (unpaired) electrons. The molecule has 2 N–H and O–H groups in total. The van der Waals surface area contributed by atoms with Crippen LogP contribution in [0.5, 0.6) is 0 Å². The van der Waals surface area contributed by atoms with Gasteiger partial charge in [0.1, 0.15) is 0 Å². The zero-order chi connectivity index (χ0) is 9.68. The van der Waals surface area contributed by atoms with Crippen LogP contribution in [0.2, 0.25) is 0 Å². The number of hydrogen-bond donors (Lipinski definition) is 1. The van der Waals surface area contributed by atoms with E-state index < -0.39 is 0 Å². The Kier molecular flexibility index (Phi) is 3.26. The summed E-state index contributed by atoms with van der Waals surface area (Å²) in [6.45, 7) is 2.06. The van der Waals surface area contributed by atoms with Crippen LogP contribution in [0.4, 0.5) is 0 Å².